The quantitative estimate of drug-likeness (QED) is 0.772. The Morgan fingerprint density at radius 1 is 1.69 bits per heavy atom. The van der Waals surface area contributed by atoms with Gasteiger partial charge in [-0.3, -0.25) is 0 Å². The van der Waals surface area contributed by atoms with Crippen LogP contribution in [0.5, 0.6) is 0 Å². The van der Waals surface area contributed by atoms with Gasteiger partial charge >= 0.3 is 0 Å². The Labute approximate surface area is 86.1 Å². The number of halogens is 1. The second-order valence-electron chi connectivity index (χ2n) is 3.37. The van der Waals surface area contributed by atoms with Gasteiger partial charge in [-0.15, -0.1) is 0 Å². The molecule has 0 spiro atoms. The summed E-state index contributed by atoms with van der Waals surface area (Å²) in [4.78, 5) is 4.08. The molecule has 0 saturated carbocycles. The first-order valence-electron chi connectivity index (χ1n) is 4.00. The Balaban J connectivity index is 3.28. The monoisotopic (exact) mass is 244 g/mol. The molecule has 0 aliphatic carbocycles. The Bertz CT molecular complexity index is 292. The lowest BCUT2D eigenvalue weighted by atomic mass is 9.92. The van der Waals surface area contributed by atoms with Gasteiger partial charge in [-0.2, -0.15) is 0 Å². The summed E-state index contributed by atoms with van der Waals surface area (Å²) in [7, 11) is 0. The van der Waals surface area contributed by atoms with Crippen molar-refractivity contribution in [3.63, 3.8) is 0 Å². The molecule has 0 amide bonds. The van der Waals surface area contributed by atoms with E-state index in [2.05, 4.69) is 20.9 Å². The maximum atomic E-state index is 9.12. The summed E-state index contributed by atoms with van der Waals surface area (Å²) in [5.41, 5.74) is 7.07. The first-order valence-corrected chi connectivity index (χ1v) is 4.79. The zero-order chi connectivity index (χ0) is 10.1. The number of aryl methyl sites for hydroxylation is 1. The minimum Gasteiger partial charge on any atom is -0.394 e. The van der Waals surface area contributed by atoms with Crippen LogP contribution in [0.3, 0.4) is 0 Å². The predicted molar refractivity (Wildman–Crippen MR) is 55.3 cm³/mol. The highest BCUT2D eigenvalue weighted by Gasteiger charge is 2.25. The predicted octanol–water partition coefficient (Wildman–Crippen LogP) is 1.32. The van der Waals surface area contributed by atoms with Crippen LogP contribution in [0.4, 0.5) is 0 Å². The SMILES string of the molecule is Cc1ccnc(Br)c1C(C)(N)CO. The zero-order valence-corrected chi connectivity index (χ0v) is 9.30. The molecular weight excluding hydrogens is 232 g/mol. The molecule has 1 aromatic heterocycles. The Morgan fingerprint density at radius 2 is 2.31 bits per heavy atom. The van der Waals surface area contributed by atoms with E-state index in [0.717, 1.165) is 11.1 Å². The fourth-order valence-electron chi connectivity index (χ4n) is 1.29. The van der Waals surface area contributed by atoms with Crippen molar-refractivity contribution in [2.45, 2.75) is 19.4 Å². The number of nitrogens with zero attached hydrogens (tertiary/aromatic N) is 1. The standard InChI is InChI=1S/C9H13BrN2O/c1-6-3-4-12-8(10)7(6)9(2,11)5-13/h3-4,13H,5,11H2,1-2H3. The number of nitrogens with two attached hydrogens (primary N) is 1. The smallest absolute Gasteiger partial charge is 0.111 e. The Hall–Kier alpha value is -0.450. The van der Waals surface area contributed by atoms with Crippen LogP contribution < -0.4 is 5.73 Å². The largest absolute Gasteiger partial charge is 0.394 e. The molecule has 0 aliphatic heterocycles. The summed E-state index contributed by atoms with van der Waals surface area (Å²) in [6, 6.07) is 1.88. The molecule has 1 rings (SSSR count). The molecule has 1 aromatic rings. The van der Waals surface area contributed by atoms with Crippen LogP contribution >= 0.6 is 15.9 Å². The summed E-state index contributed by atoms with van der Waals surface area (Å²) < 4.78 is 0.701. The molecule has 3 N–H and O–H groups in total. The number of hydrogen-bond donors (Lipinski definition) is 2. The topological polar surface area (TPSA) is 59.1 Å². The molecule has 0 fully saturated rings. The van der Waals surface area contributed by atoms with Gasteiger partial charge in [-0.25, -0.2) is 4.98 Å². The van der Waals surface area contributed by atoms with Crippen molar-refractivity contribution >= 4 is 15.9 Å². The maximum Gasteiger partial charge on any atom is 0.111 e. The summed E-state index contributed by atoms with van der Waals surface area (Å²) >= 11 is 3.32. The van der Waals surface area contributed by atoms with Crippen molar-refractivity contribution < 1.29 is 5.11 Å². The highest BCUT2D eigenvalue weighted by Crippen LogP contribution is 2.27. The van der Waals surface area contributed by atoms with E-state index in [0.29, 0.717) is 4.60 Å². The molecule has 1 atom stereocenters. The first kappa shape index (κ1) is 10.6. The number of aromatic nitrogens is 1. The molecule has 13 heavy (non-hydrogen) atoms. The summed E-state index contributed by atoms with van der Waals surface area (Å²) in [5.74, 6) is 0. The molecule has 1 heterocycles. The van der Waals surface area contributed by atoms with E-state index in [1.165, 1.54) is 0 Å². The lowest BCUT2D eigenvalue weighted by Crippen LogP contribution is -2.38. The van der Waals surface area contributed by atoms with Crippen LogP contribution in [0.15, 0.2) is 16.9 Å². The molecule has 0 aliphatic rings. The van der Waals surface area contributed by atoms with Gasteiger partial charge in [0.05, 0.1) is 12.1 Å². The molecular formula is C9H13BrN2O. The van der Waals surface area contributed by atoms with Crippen molar-refractivity contribution in [1.82, 2.24) is 4.98 Å². The first-order chi connectivity index (χ1) is 5.99. The molecule has 3 nitrogen and oxygen atoms in total. The molecule has 0 bridgehead atoms. The van der Waals surface area contributed by atoms with Crippen LogP contribution in [0.2, 0.25) is 0 Å². The number of aliphatic hydroxyl groups excluding tert-OH is 1. The van der Waals surface area contributed by atoms with Gasteiger partial charge in [-0.1, -0.05) is 0 Å². The molecule has 0 aromatic carbocycles. The summed E-state index contributed by atoms with van der Waals surface area (Å²) in [5, 5.41) is 9.12. The molecule has 72 valence electrons. The second-order valence-corrected chi connectivity index (χ2v) is 4.12. The van der Waals surface area contributed by atoms with Gasteiger partial charge in [0.2, 0.25) is 0 Å². The lowest BCUT2D eigenvalue weighted by Gasteiger charge is -2.24. The highest BCUT2D eigenvalue weighted by molar-refractivity contribution is 9.10. The Kier molecular flexibility index (Phi) is 3.05. The van der Waals surface area contributed by atoms with Crippen LogP contribution in [-0.4, -0.2) is 16.7 Å². The van der Waals surface area contributed by atoms with E-state index < -0.39 is 5.54 Å². The molecule has 4 heteroatoms. The van der Waals surface area contributed by atoms with Crippen LogP contribution in [0.25, 0.3) is 0 Å². The highest BCUT2D eigenvalue weighted by atomic mass is 79.9. The fraction of sp³-hybridized carbons (Fsp3) is 0.444. The number of pyridine rings is 1. The molecule has 0 saturated heterocycles. The Morgan fingerprint density at radius 3 is 2.77 bits per heavy atom. The molecule has 1 unspecified atom stereocenters. The van der Waals surface area contributed by atoms with Gasteiger partial charge < -0.3 is 10.8 Å². The van der Waals surface area contributed by atoms with Crippen LogP contribution in [-0.2, 0) is 5.54 Å². The van der Waals surface area contributed by atoms with E-state index >= 15 is 0 Å². The van der Waals surface area contributed by atoms with Crippen molar-refractivity contribution in [2.24, 2.45) is 5.73 Å². The van der Waals surface area contributed by atoms with Crippen molar-refractivity contribution in [3.05, 3.63) is 28.0 Å². The van der Waals surface area contributed by atoms with Gasteiger partial charge in [0.1, 0.15) is 4.60 Å². The van der Waals surface area contributed by atoms with Gasteiger partial charge in [0, 0.05) is 11.8 Å². The second kappa shape index (κ2) is 3.74. The third kappa shape index (κ3) is 2.07. The third-order valence-corrected chi connectivity index (χ3v) is 2.61. The van der Waals surface area contributed by atoms with E-state index in [4.69, 9.17) is 10.8 Å². The van der Waals surface area contributed by atoms with Crippen molar-refractivity contribution in [1.29, 1.82) is 0 Å². The molecule has 0 radical (unpaired) electrons. The lowest BCUT2D eigenvalue weighted by molar-refractivity contribution is 0.208. The summed E-state index contributed by atoms with van der Waals surface area (Å²) in [6.45, 7) is 3.63. The van der Waals surface area contributed by atoms with Crippen LogP contribution in [0.1, 0.15) is 18.1 Å². The minimum absolute atomic E-state index is 0.0991. The number of rotatable bonds is 2. The maximum absolute atomic E-state index is 9.12. The van der Waals surface area contributed by atoms with Crippen molar-refractivity contribution in [3.8, 4) is 0 Å². The number of hydrogen-bond acceptors (Lipinski definition) is 3. The van der Waals surface area contributed by atoms with E-state index in [1.54, 1.807) is 13.1 Å². The average Bonchev–Trinajstić information content (AvgIpc) is 2.03. The van der Waals surface area contributed by atoms with Gasteiger partial charge in [-0.05, 0) is 41.4 Å². The van der Waals surface area contributed by atoms with E-state index in [1.807, 2.05) is 13.0 Å². The summed E-state index contributed by atoms with van der Waals surface area (Å²) in [6.07, 6.45) is 1.70. The van der Waals surface area contributed by atoms with E-state index in [9.17, 15) is 0 Å². The van der Waals surface area contributed by atoms with Crippen LogP contribution in [0, 0.1) is 6.92 Å². The van der Waals surface area contributed by atoms with Gasteiger partial charge in [0.25, 0.3) is 0 Å². The van der Waals surface area contributed by atoms with E-state index in [-0.39, 0.29) is 6.61 Å². The number of aliphatic hydroxyl groups is 1. The minimum atomic E-state index is -0.739. The van der Waals surface area contributed by atoms with Gasteiger partial charge in [0.15, 0.2) is 0 Å². The normalized spacial score (nSPS) is 15.5. The average molecular weight is 245 g/mol. The van der Waals surface area contributed by atoms with Crippen molar-refractivity contribution in [2.75, 3.05) is 6.61 Å². The zero-order valence-electron chi connectivity index (χ0n) is 7.71. The fourth-order valence-corrected chi connectivity index (χ4v) is 2.17. The third-order valence-electron chi connectivity index (χ3n) is 2.01.